The monoisotopic (exact) mass is 568 g/mol. The van der Waals surface area contributed by atoms with Gasteiger partial charge in [0.1, 0.15) is 0 Å². The van der Waals surface area contributed by atoms with Gasteiger partial charge in [-0.25, -0.2) is 0 Å². The molecule has 228 valence electrons. The molecule has 0 amide bonds. The molecule has 2 N–H and O–H groups in total. The fraction of sp³-hybridized carbons (Fsp3) is 0.400. The van der Waals surface area contributed by atoms with Gasteiger partial charge in [0.05, 0.1) is 11.7 Å². The lowest BCUT2D eigenvalue weighted by Gasteiger charge is -2.35. The van der Waals surface area contributed by atoms with Crippen molar-refractivity contribution < 1.29 is 10.2 Å². The summed E-state index contributed by atoms with van der Waals surface area (Å²) in [4.78, 5) is 0. The number of hydrogen-bond acceptors (Lipinski definition) is 2. The molecule has 0 aromatic heterocycles. The van der Waals surface area contributed by atoms with Crippen molar-refractivity contribution in [3.63, 3.8) is 0 Å². The standard InChI is InChI=1S/C40H56O2/c1-31(19-13-21-33(3)22-14-23-34(4)25-16-28-40(9,10)42)17-11-12-18-32(2)20-15-24-35(5)26-27-38-36(6)29-37(41)30-39(38,7)8/h11-27,37,41-42H,28-30H2,1-10H3/b12-11+,19-13+,20-15+,22-14+,25-16+,27-26+,31-17+,32-18+,33-21+,34-23+,35-24+/t37-/m0/s1. The minimum atomic E-state index is -0.666. The van der Waals surface area contributed by atoms with Crippen molar-refractivity contribution >= 4 is 0 Å². The first-order chi connectivity index (χ1) is 19.6. The summed E-state index contributed by atoms with van der Waals surface area (Å²) in [6, 6.07) is 0. The van der Waals surface area contributed by atoms with Crippen LogP contribution in [0, 0.1) is 5.41 Å². The van der Waals surface area contributed by atoms with Crippen LogP contribution in [0.5, 0.6) is 0 Å². The zero-order chi connectivity index (χ0) is 31.8. The summed E-state index contributed by atoms with van der Waals surface area (Å²) in [5, 5.41) is 19.9. The van der Waals surface area contributed by atoms with Crippen LogP contribution in [0.2, 0.25) is 0 Å². The maximum absolute atomic E-state index is 10.1. The molecule has 0 heterocycles. The Labute approximate surface area is 257 Å². The Morgan fingerprint density at radius 1 is 0.714 bits per heavy atom. The Balaban J connectivity index is 2.61. The van der Waals surface area contributed by atoms with Crippen LogP contribution in [0.4, 0.5) is 0 Å². The van der Waals surface area contributed by atoms with Gasteiger partial charge in [0.15, 0.2) is 0 Å². The van der Waals surface area contributed by atoms with Gasteiger partial charge in [-0.15, -0.1) is 0 Å². The predicted octanol–water partition coefficient (Wildman–Crippen LogP) is 10.7. The van der Waals surface area contributed by atoms with E-state index in [4.69, 9.17) is 0 Å². The van der Waals surface area contributed by atoms with E-state index in [1.807, 2.05) is 26.0 Å². The van der Waals surface area contributed by atoms with Gasteiger partial charge in [-0.3, -0.25) is 0 Å². The maximum atomic E-state index is 10.1. The molecule has 1 aliphatic rings. The minimum Gasteiger partial charge on any atom is -0.393 e. The van der Waals surface area contributed by atoms with E-state index in [0.29, 0.717) is 6.42 Å². The van der Waals surface area contributed by atoms with Gasteiger partial charge < -0.3 is 10.2 Å². The lowest BCUT2D eigenvalue weighted by Crippen LogP contribution is -2.28. The van der Waals surface area contributed by atoms with Gasteiger partial charge in [-0.2, -0.15) is 0 Å². The lowest BCUT2D eigenvalue weighted by molar-refractivity contribution is 0.0839. The second-order valence-corrected chi connectivity index (χ2v) is 12.9. The van der Waals surface area contributed by atoms with Crippen molar-refractivity contribution in [3.05, 3.63) is 142 Å². The second-order valence-electron chi connectivity index (χ2n) is 12.9. The predicted molar refractivity (Wildman–Crippen MR) is 186 cm³/mol. The summed E-state index contributed by atoms with van der Waals surface area (Å²) in [6.45, 7) is 20.7. The molecule has 1 aliphatic carbocycles. The lowest BCUT2D eigenvalue weighted by atomic mass is 9.71. The summed E-state index contributed by atoms with van der Waals surface area (Å²) in [5.41, 5.74) is 7.86. The van der Waals surface area contributed by atoms with Crippen LogP contribution in [0.3, 0.4) is 0 Å². The molecule has 0 radical (unpaired) electrons. The quantitative estimate of drug-likeness (QED) is 0.217. The molecule has 0 bridgehead atoms. The van der Waals surface area contributed by atoms with Gasteiger partial charge in [-0.05, 0) is 85.6 Å². The third-order valence-electron chi connectivity index (χ3n) is 6.97. The van der Waals surface area contributed by atoms with E-state index in [2.05, 4.69) is 147 Å². The first-order valence-electron chi connectivity index (χ1n) is 15.1. The highest BCUT2D eigenvalue weighted by Crippen LogP contribution is 2.41. The molecule has 0 fully saturated rings. The number of hydrogen-bond donors (Lipinski definition) is 2. The van der Waals surface area contributed by atoms with E-state index in [0.717, 1.165) is 18.4 Å². The summed E-state index contributed by atoms with van der Waals surface area (Å²) in [5.74, 6) is 0. The molecular weight excluding hydrogens is 512 g/mol. The Hall–Kier alpha value is -3.20. The third kappa shape index (κ3) is 16.9. The first-order valence-corrected chi connectivity index (χ1v) is 15.1. The first kappa shape index (κ1) is 36.8. The van der Waals surface area contributed by atoms with E-state index < -0.39 is 5.60 Å². The zero-order valence-electron chi connectivity index (χ0n) is 27.9. The normalized spacial score (nSPS) is 20.8. The topological polar surface area (TPSA) is 40.5 Å². The van der Waals surface area contributed by atoms with Gasteiger partial charge >= 0.3 is 0 Å². The van der Waals surface area contributed by atoms with E-state index >= 15 is 0 Å². The second kappa shape index (κ2) is 18.4. The Morgan fingerprint density at radius 3 is 1.55 bits per heavy atom. The van der Waals surface area contributed by atoms with Crippen LogP contribution in [-0.2, 0) is 0 Å². The van der Waals surface area contributed by atoms with Gasteiger partial charge in [0.25, 0.3) is 0 Å². The van der Waals surface area contributed by atoms with Gasteiger partial charge in [0.2, 0.25) is 0 Å². The van der Waals surface area contributed by atoms with Crippen LogP contribution in [0.25, 0.3) is 0 Å². The molecule has 0 saturated heterocycles. The van der Waals surface area contributed by atoms with Crippen LogP contribution in [0.1, 0.15) is 88.5 Å². The number of aliphatic hydroxyl groups is 2. The molecule has 0 saturated carbocycles. The van der Waals surface area contributed by atoms with Crippen LogP contribution < -0.4 is 0 Å². The summed E-state index contributed by atoms with van der Waals surface area (Å²) in [6.07, 6.45) is 37.6. The average Bonchev–Trinajstić information content (AvgIpc) is 2.84. The number of allylic oxidation sites excluding steroid dienone is 22. The van der Waals surface area contributed by atoms with Crippen molar-refractivity contribution in [2.75, 3.05) is 0 Å². The Bertz CT molecular complexity index is 1250. The molecule has 2 heteroatoms. The Kier molecular flexibility index (Phi) is 16.1. The molecule has 1 rings (SSSR count). The van der Waals surface area contributed by atoms with Gasteiger partial charge in [-0.1, -0.05) is 151 Å². The van der Waals surface area contributed by atoms with Crippen molar-refractivity contribution in [2.45, 2.75) is 100 Å². The highest BCUT2D eigenvalue weighted by Gasteiger charge is 2.31. The van der Waals surface area contributed by atoms with E-state index in [1.165, 1.54) is 33.4 Å². The van der Waals surface area contributed by atoms with E-state index in [-0.39, 0.29) is 11.5 Å². The molecule has 0 unspecified atom stereocenters. The Morgan fingerprint density at radius 2 is 1.12 bits per heavy atom. The number of aliphatic hydroxyl groups excluding tert-OH is 1. The van der Waals surface area contributed by atoms with E-state index in [9.17, 15) is 10.2 Å². The SMILES string of the molecule is CC1=C(/C=C/C(C)=C/C=C/C(C)=C/C=C/C=C(C)/C=C/C=C(C)/C=C/C=C(C)/C=C/CC(C)(C)O)C(C)(C)C[C@@H](O)C1. The van der Waals surface area contributed by atoms with Crippen molar-refractivity contribution in [3.8, 4) is 0 Å². The molecule has 1 atom stereocenters. The molecular formula is C40H56O2. The fourth-order valence-corrected chi connectivity index (χ4v) is 4.68. The molecule has 2 nitrogen and oxygen atoms in total. The molecule has 0 spiro atoms. The molecule has 0 aromatic carbocycles. The van der Waals surface area contributed by atoms with Crippen molar-refractivity contribution in [2.24, 2.45) is 5.41 Å². The van der Waals surface area contributed by atoms with Gasteiger partial charge in [0, 0.05) is 0 Å². The number of rotatable bonds is 13. The zero-order valence-corrected chi connectivity index (χ0v) is 27.9. The van der Waals surface area contributed by atoms with Crippen LogP contribution in [0.15, 0.2) is 142 Å². The minimum absolute atomic E-state index is 0.00454. The maximum Gasteiger partial charge on any atom is 0.0626 e. The molecule has 42 heavy (non-hydrogen) atoms. The smallest absolute Gasteiger partial charge is 0.0626 e. The van der Waals surface area contributed by atoms with Crippen molar-refractivity contribution in [1.82, 2.24) is 0 Å². The highest BCUT2D eigenvalue weighted by molar-refractivity contribution is 5.38. The van der Waals surface area contributed by atoms with Crippen LogP contribution >= 0.6 is 0 Å². The average molecular weight is 569 g/mol. The summed E-state index contributed by atoms with van der Waals surface area (Å²) >= 11 is 0. The van der Waals surface area contributed by atoms with Crippen molar-refractivity contribution in [1.29, 1.82) is 0 Å². The largest absolute Gasteiger partial charge is 0.393 e. The highest BCUT2D eigenvalue weighted by atomic mass is 16.3. The summed E-state index contributed by atoms with van der Waals surface area (Å²) in [7, 11) is 0. The third-order valence-corrected chi connectivity index (χ3v) is 6.97. The summed E-state index contributed by atoms with van der Waals surface area (Å²) < 4.78 is 0. The van der Waals surface area contributed by atoms with Crippen LogP contribution in [-0.4, -0.2) is 21.9 Å². The fourth-order valence-electron chi connectivity index (χ4n) is 4.68. The molecule has 0 aliphatic heterocycles. The molecule has 0 aromatic rings. The van der Waals surface area contributed by atoms with E-state index in [1.54, 1.807) is 0 Å².